The summed E-state index contributed by atoms with van der Waals surface area (Å²) in [6.45, 7) is 4.39. The van der Waals surface area contributed by atoms with Gasteiger partial charge in [-0.25, -0.2) is 0 Å². The molecule has 0 fully saturated rings. The minimum absolute atomic E-state index is 0.431. The van der Waals surface area contributed by atoms with Crippen molar-refractivity contribution in [1.29, 1.82) is 0 Å². The summed E-state index contributed by atoms with van der Waals surface area (Å²) in [6.07, 6.45) is 0. The van der Waals surface area contributed by atoms with E-state index >= 15 is 0 Å². The summed E-state index contributed by atoms with van der Waals surface area (Å²) in [5.41, 5.74) is 20.9. The van der Waals surface area contributed by atoms with Gasteiger partial charge < -0.3 is 10.2 Å². The molecule has 2 nitrogen and oxygen atoms in total. The summed E-state index contributed by atoms with van der Waals surface area (Å²) in [7, 11) is 2.46. The normalized spacial score (nSPS) is 13.9. The molecular weight excluding hydrogens is 683 g/mol. The number of benzene rings is 8. The van der Waals surface area contributed by atoms with Crippen LogP contribution in [0.2, 0.25) is 0 Å². The third kappa shape index (κ3) is 4.15. The first-order valence-corrected chi connectivity index (χ1v) is 19.9. The number of aryl methyl sites for hydroxylation is 2. The van der Waals surface area contributed by atoms with Gasteiger partial charge in [0, 0.05) is 42.8 Å². The van der Waals surface area contributed by atoms with E-state index < -0.39 is 5.41 Å². The molecule has 1 aromatic heterocycles. The average Bonchev–Trinajstić information content (AvgIpc) is 3.75. The Morgan fingerprint density at radius 2 is 1.22 bits per heavy atom. The van der Waals surface area contributed by atoms with Gasteiger partial charge in [0.2, 0.25) is 0 Å². The highest BCUT2D eigenvalue weighted by molar-refractivity contribution is 7.26. The third-order valence-corrected chi connectivity index (χ3v) is 13.3. The highest BCUT2D eigenvalue weighted by Crippen LogP contribution is 2.63. The van der Waals surface area contributed by atoms with Gasteiger partial charge in [-0.2, -0.15) is 0 Å². The predicted molar refractivity (Wildman–Crippen MR) is 235 cm³/mol. The second-order valence-electron chi connectivity index (χ2n) is 15.3. The lowest BCUT2D eigenvalue weighted by atomic mass is 9.54. The first-order chi connectivity index (χ1) is 27.1. The van der Waals surface area contributed by atoms with Crippen molar-refractivity contribution >= 4 is 78.2 Å². The number of hydrogen-bond donors (Lipinski definition) is 1. The summed E-state index contributed by atoms with van der Waals surface area (Å²) in [5.74, 6) is 0. The smallest absolute Gasteiger partial charge is 0.197 e. The molecule has 2 aliphatic heterocycles. The summed E-state index contributed by atoms with van der Waals surface area (Å²) in [4.78, 5) is 2.58. The number of para-hydroxylation sites is 2. The molecule has 4 heteroatoms. The summed E-state index contributed by atoms with van der Waals surface area (Å²) >= 11 is 1.86. The molecule has 1 spiro atoms. The van der Waals surface area contributed by atoms with Gasteiger partial charge in [-0.05, 0) is 100 Å². The van der Waals surface area contributed by atoms with E-state index in [0.717, 1.165) is 11.4 Å². The Morgan fingerprint density at radius 1 is 0.527 bits per heavy atom. The third-order valence-electron chi connectivity index (χ3n) is 12.2. The van der Waals surface area contributed by atoms with Crippen molar-refractivity contribution in [3.05, 3.63) is 197 Å². The molecular formula is C51H34BN2S. The van der Waals surface area contributed by atoms with Crippen LogP contribution < -0.4 is 21.1 Å². The number of anilines is 5. The molecule has 8 aromatic carbocycles. The van der Waals surface area contributed by atoms with Crippen LogP contribution in [0.4, 0.5) is 28.4 Å². The highest BCUT2D eigenvalue weighted by atomic mass is 32.1. The van der Waals surface area contributed by atoms with Gasteiger partial charge in [0.25, 0.3) is 0 Å². The molecule has 0 saturated heterocycles. The summed E-state index contributed by atoms with van der Waals surface area (Å²) in [5, 5.41) is 6.52. The number of nitrogens with zero attached hydrogens (tertiary/aromatic N) is 1. The molecule has 257 valence electrons. The van der Waals surface area contributed by atoms with Crippen molar-refractivity contribution in [2.75, 3.05) is 10.2 Å². The van der Waals surface area contributed by atoms with Crippen molar-refractivity contribution < 1.29 is 0 Å². The summed E-state index contributed by atoms with van der Waals surface area (Å²) in [6, 6.07) is 61.3. The molecule has 0 saturated carbocycles. The Bertz CT molecular complexity index is 3040. The molecule has 1 radical (unpaired) electrons. The Morgan fingerprint density at radius 3 is 2.02 bits per heavy atom. The van der Waals surface area contributed by atoms with E-state index in [1.54, 1.807) is 0 Å². The second kappa shape index (κ2) is 11.3. The fourth-order valence-electron chi connectivity index (χ4n) is 9.99. The van der Waals surface area contributed by atoms with E-state index in [4.69, 9.17) is 0 Å². The molecule has 9 aromatic rings. The SMILES string of the molecule is Cc1ccc(Nc2c(-c3cc(C)cc4c3[B]c3cccc5c3N4c3ccccc3C53c4ccccc4-c4ccccc43)ccc3sc4ccccc4c23)cc1. The number of thiophene rings is 1. The Hall–Kier alpha value is -6.36. The zero-order valence-electron chi connectivity index (χ0n) is 30.5. The van der Waals surface area contributed by atoms with E-state index in [0.29, 0.717) is 0 Å². The van der Waals surface area contributed by atoms with Crippen molar-refractivity contribution in [1.82, 2.24) is 0 Å². The minimum atomic E-state index is -0.431. The molecule has 12 rings (SSSR count). The van der Waals surface area contributed by atoms with Crippen LogP contribution in [0.5, 0.6) is 0 Å². The topological polar surface area (TPSA) is 15.3 Å². The van der Waals surface area contributed by atoms with E-state index in [1.807, 2.05) is 11.3 Å². The largest absolute Gasteiger partial charge is 0.354 e. The van der Waals surface area contributed by atoms with Crippen LogP contribution in [0.15, 0.2) is 164 Å². The standard InChI is InChI=1S/C51H34BN2S/c1-30-22-24-32(25-23-30)53-49-35(26-27-46-47(49)36-14-5-10-21-45(36)55-46)37-28-31(2)29-44-48(37)52-42-19-11-18-41-50(42)54(44)43-20-9-8-17-40(43)51(41)38-15-6-3-12-33(38)34-13-4-7-16-39(34)51/h3-29,53H,1-2H3. The van der Waals surface area contributed by atoms with Crippen LogP contribution in [0.25, 0.3) is 42.4 Å². The average molecular weight is 718 g/mol. The lowest BCUT2D eigenvalue weighted by Gasteiger charge is -2.48. The van der Waals surface area contributed by atoms with Crippen LogP contribution in [0.1, 0.15) is 33.4 Å². The van der Waals surface area contributed by atoms with Gasteiger partial charge in [0.05, 0.1) is 16.8 Å². The Labute approximate surface area is 325 Å². The number of nitrogens with one attached hydrogen (secondary N) is 1. The molecule has 0 bridgehead atoms. The lowest BCUT2D eigenvalue weighted by Crippen LogP contribution is -2.47. The Kier molecular flexibility index (Phi) is 6.40. The lowest BCUT2D eigenvalue weighted by molar-refractivity contribution is 0.753. The number of fused-ring (bicyclic) bond motifs is 14. The molecule has 55 heavy (non-hydrogen) atoms. The molecule has 0 unspecified atom stereocenters. The van der Waals surface area contributed by atoms with Crippen LogP contribution in [0, 0.1) is 13.8 Å². The van der Waals surface area contributed by atoms with Gasteiger partial charge in [-0.15, -0.1) is 11.3 Å². The van der Waals surface area contributed by atoms with Gasteiger partial charge in [-0.3, -0.25) is 0 Å². The highest BCUT2D eigenvalue weighted by Gasteiger charge is 2.52. The van der Waals surface area contributed by atoms with Gasteiger partial charge in [0.1, 0.15) is 0 Å². The molecule has 3 heterocycles. The predicted octanol–water partition coefficient (Wildman–Crippen LogP) is 12.2. The van der Waals surface area contributed by atoms with Crippen molar-refractivity contribution in [2.45, 2.75) is 19.3 Å². The second-order valence-corrected chi connectivity index (χ2v) is 16.4. The molecule has 1 aliphatic carbocycles. The van der Waals surface area contributed by atoms with Gasteiger partial charge >= 0.3 is 0 Å². The van der Waals surface area contributed by atoms with Crippen LogP contribution >= 0.6 is 11.3 Å². The first kappa shape index (κ1) is 31.0. The van der Waals surface area contributed by atoms with Gasteiger partial charge in [0.15, 0.2) is 7.28 Å². The maximum absolute atomic E-state index is 3.96. The monoisotopic (exact) mass is 717 g/mol. The fraction of sp³-hybridized carbons (Fsp3) is 0.0588. The van der Waals surface area contributed by atoms with Crippen LogP contribution in [0.3, 0.4) is 0 Å². The van der Waals surface area contributed by atoms with Crippen molar-refractivity contribution in [3.63, 3.8) is 0 Å². The number of rotatable bonds is 3. The Balaban J connectivity index is 1.14. The minimum Gasteiger partial charge on any atom is -0.354 e. The van der Waals surface area contributed by atoms with Crippen LogP contribution in [-0.4, -0.2) is 7.28 Å². The first-order valence-electron chi connectivity index (χ1n) is 19.1. The zero-order valence-corrected chi connectivity index (χ0v) is 31.3. The van der Waals surface area contributed by atoms with E-state index in [9.17, 15) is 0 Å². The molecule has 1 N–H and O–H groups in total. The molecule has 3 aliphatic rings. The quantitative estimate of drug-likeness (QED) is 0.183. The van der Waals surface area contributed by atoms with Crippen molar-refractivity contribution in [3.8, 4) is 22.3 Å². The maximum Gasteiger partial charge on any atom is 0.197 e. The van der Waals surface area contributed by atoms with E-state index in [2.05, 4.69) is 195 Å². The van der Waals surface area contributed by atoms with Gasteiger partial charge in [-0.1, -0.05) is 138 Å². The number of hydrogen-bond acceptors (Lipinski definition) is 3. The summed E-state index contributed by atoms with van der Waals surface area (Å²) < 4.78 is 2.59. The van der Waals surface area contributed by atoms with Crippen LogP contribution in [-0.2, 0) is 5.41 Å². The maximum atomic E-state index is 3.96. The van der Waals surface area contributed by atoms with E-state index in [-0.39, 0.29) is 0 Å². The van der Waals surface area contributed by atoms with Crippen molar-refractivity contribution in [2.24, 2.45) is 0 Å². The fourth-order valence-corrected chi connectivity index (χ4v) is 11.1. The molecule has 0 amide bonds. The molecule has 0 atom stereocenters. The zero-order chi connectivity index (χ0) is 36.4. The van der Waals surface area contributed by atoms with E-state index in [1.165, 1.54) is 104 Å².